The molecule has 0 radical (unpaired) electrons. The fraction of sp³-hybridized carbons (Fsp3) is 0.800. The molecule has 5 atom stereocenters. The smallest absolute Gasteiger partial charge is 0.334 e. The second-order valence-electron chi connectivity index (χ2n) is 6.83. The lowest BCUT2D eigenvalue weighted by molar-refractivity contribution is -0.140. The zero-order valence-corrected chi connectivity index (χ0v) is 11.7. The second kappa shape index (κ2) is 3.41. The van der Waals surface area contributed by atoms with Gasteiger partial charge in [0.25, 0.3) is 0 Å². The molecule has 1 saturated carbocycles. The number of carbonyl (C=O) groups is 1. The molecular formula is C15H20O4. The van der Waals surface area contributed by atoms with E-state index in [-0.39, 0.29) is 29.4 Å². The van der Waals surface area contributed by atoms with Gasteiger partial charge in [-0.05, 0) is 39.2 Å². The van der Waals surface area contributed by atoms with Crippen LogP contribution in [-0.2, 0) is 19.0 Å². The Morgan fingerprint density at radius 3 is 2.68 bits per heavy atom. The van der Waals surface area contributed by atoms with Crippen molar-refractivity contribution < 1.29 is 19.0 Å². The van der Waals surface area contributed by atoms with Crippen LogP contribution >= 0.6 is 0 Å². The maximum atomic E-state index is 11.8. The first kappa shape index (κ1) is 11.9. The molecule has 0 unspecified atom stereocenters. The van der Waals surface area contributed by atoms with Gasteiger partial charge >= 0.3 is 5.97 Å². The van der Waals surface area contributed by atoms with Gasteiger partial charge in [-0.3, -0.25) is 0 Å². The minimum Gasteiger partial charge on any atom is -0.454 e. The highest BCUT2D eigenvalue weighted by atomic mass is 16.6. The number of ether oxygens (including phenoxy) is 3. The average molecular weight is 264 g/mol. The molecule has 4 heteroatoms. The van der Waals surface area contributed by atoms with Gasteiger partial charge < -0.3 is 14.2 Å². The van der Waals surface area contributed by atoms with Crippen LogP contribution in [0.5, 0.6) is 0 Å². The first-order chi connectivity index (χ1) is 8.91. The summed E-state index contributed by atoms with van der Waals surface area (Å²) in [5.74, 6) is -0.164. The van der Waals surface area contributed by atoms with Crippen LogP contribution in [0.15, 0.2) is 11.1 Å². The van der Waals surface area contributed by atoms with Gasteiger partial charge in [-0.25, -0.2) is 4.79 Å². The van der Waals surface area contributed by atoms with Crippen LogP contribution < -0.4 is 0 Å². The topological polar surface area (TPSA) is 51.4 Å². The Morgan fingerprint density at radius 1 is 1.16 bits per heavy atom. The molecule has 4 rings (SSSR count). The number of hydrogen-bond donors (Lipinski definition) is 0. The number of fused-ring (bicyclic) bond motifs is 3. The summed E-state index contributed by atoms with van der Waals surface area (Å²) in [5.41, 5.74) is 1.78. The summed E-state index contributed by atoms with van der Waals surface area (Å²) in [6, 6.07) is 0. The highest BCUT2D eigenvalue weighted by Gasteiger charge is 2.60. The summed E-state index contributed by atoms with van der Waals surface area (Å²) in [5, 5.41) is 0. The van der Waals surface area contributed by atoms with E-state index >= 15 is 0 Å². The van der Waals surface area contributed by atoms with Crippen molar-refractivity contribution in [3.8, 4) is 0 Å². The predicted octanol–water partition coefficient (Wildman–Crippen LogP) is 2.12. The van der Waals surface area contributed by atoms with E-state index in [0.717, 1.165) is 36.8 Å². The maximum absolute atomic E-state index is 11.8. The van der Waals surface area contributed by atoms with Crippen molar-refractivity contribution in [1.82, 2.24) is 0 Å². The molecule has 4 aliphatic rings. The van der Waals surface area contributed by atoms with Crippen LogP contribution in [0.1, 0.15) is 46.5 Å². The Morgan fingerprint density at radius 2 is 1.89 bits per heavy atom. The van der Waals surface area contributed by atoms with Crippen molar-refractivity contribution in [3.63, 3.8) is 0 Å². The van der Waals surface area contributed by atoms with Crippen LogP contribution in [0.4, 0.5) is 0 Å². The molecule has 0 aromatic rings. The number of carbonyl (C=O) groups excluding carboxylic acids is 1. The summed E-state index contributed by atoms with van der Waals surface area (Å²) < 4.78 is 17.3. The van der Waals surface area contributed by atoms with Crippen molar-refractivity contribution >= 4 is 5.97 Å². The molecule has 3 aliphatic heterocycles. The molecule has 1 aliphatic carbocycles. The highest BCUT2D eigenvalue weighted by Crippen LogP contribution is 2.53. The molecular weight excluding hydrogens is 244 g/mol. The highest BCUT2D eigenvalue weighted by molar-refractivity contribution is 5.91. The molecule has 4 nitrogen and oxygen atoms in total. The van der Waals surface area contributed by atoms with Gasteiger partial charge in [0.1, 0.15) is 6.10 Å². The van der Waals surface area contributed by atoms with Crippen molar-refractivity contribution in [3.05, 3.63) is 11.1 Å². The Balaban J connectivity index is 1.66. The van der Waals surface area contributed by atoms with Crippen LogP contribution in [0.3, 0.4) is 0 Å². The number of rotatable bonds is 0. The molecule has 104 valence electrons. The lowest BCUT2D eigenvalue weighted by Gasteiger charge is -2.18. The standard InChI is InChI=1S/C15H20O4/c1-8-9-6-12-14(2,19-12)5-4-11-15(3,18-11)7-10(9)17-13(8)16/h10-12H,4-7H2,1-3H3/t10-,11-,12-,14+,15-/m0/s1. The van der Waals surface area contributed by atoms with Gasteiger partial charge in [-0.2, -0.15) is 0 Å². The fourth-order valence-electron chi connectivity index (χ4n) is 3.70. The van der Waals surface area contributed by atoms with Crippen molar-refractivity contribution in [2.75, 3.05) is 0 Å². The minimum atomic E-state index is -0.164. The third-order valence-corrected chi connectivity index (χ3v) is 5.40. The predicted molar refractivity (Wildman–Crippen MR) is 67.6 cm³/mol. The molecule has 0 aromatic heterocycles. The molecule has 0 N–H and O–H groups in total. The third kappa shape index (κ3) is 1.69. The Labute approximate surface area is 113 Å². The number of hydrogen-bond acceptors (Lipinski definition) is 4. The van der Waals surface area contributed by atoms with E-state index in [9.17, 15) is 4.79 Å². The minimum absolute atomic E-state index is 0.0202. The Hall–Kier alpha value is -0.870. The van der Waals surface area contributed by atoms with Gasteiger partial charge in [0.15, 0.2) is 0 Å². The Bertz CT molecular complexity index is 496. The van der Waals surface area contributed by atoms with Crippen LogP contribution in [0, 0.1) is 0 Å². The average Bonchev–Trinajstić information content (AvgIpc) is 3.15. The van der Waals surface area contributed by atoms with E-state index in [1.54, 1.807) is 0 Å². The van der Waals surface area contributed by atoms with Crippen LogP contribution in [0.2, 0.25) is 0 Å². The van der Waals surface area contributed by atoms with Crippen molar-refractivity contribution in [2.24, 2.45) is 0 Å². The van der Waals surface area contributed by atoms with Gasteiger partial charge in [0, 0.05) is 18.4 Å². The van der Waals surface area contributed by atoms with Gasteiger partial charge in [-0.15, -0.1) is 0 Å². The van der Waals surface area contributed by atoms with Gasteiger partial charge in [0.2, 0.25) is 0 Å². The van der Waals surface area contributed by atoms with E-state index in [4.69, 9.17) is 14.2 Å². The lowest BCUT2D eigenvalue weighted by atomic mass is 9.85. The molecule has 0 amide bonds. The van der Waals surface area contributed by atoms with Crippen LogP contribution in [0.25, 0.3) is 0 Å². The van der Waals surface area contributed by atoms with E-state index in [1.165, 1.54) is 0 Å². The van der Waals surface area contributed by atoms with Crippen molar-refractivity contribution in [2.45, 2.75) is 76.0 Å². The normalized spacial score (nSPS) is 51.9. The Kier molecular flexibility index (Phi) is 2.14. The zero-order chi connectivity index (χ0) is 13.4. The summed E-state index contributed by atoms with van der Waals surface area (Å²) in [7, 11) is 0. The van der Waals surface area contributed by atoms with Crippen molar-refractivity contribution in [1.29, 1.82) is 0 Å². The summed E-state index contributed by atoms with van der Waals surface area (Å²) in [4.78, 5) is 11.8. The largest absolute Gasteiger partial charge is 0.454 e. The molecule has 2 saturated heterocycles. The molecule has 19 heavy (non-hydrogen) atoms. The van der Waals surface area contributed by atoms with E-state index in [1.807, 2.05) is 6.92 Å². The molecule has 0 aromatic carbocycles. The molecule has 3 fully saturated rings. The molecule has 3 heterocycles. The third-order valence-electron chi connectivity index (χ3n) is 5.40. The lowest BCUT2D eigenvalue weighted by Crippen LogP contribution is -2.25. The SMILES string of the molecule is CC1=C2C[C@@H]3O[C@]3(C)CC[C@@H]3O[C@@]3(C)C[C@@H]2OC1=O. The fourth-order valence-corrected chi connectivity index (χ4v) is 3.70. The summed E-state index contributed by atoms with van der Waals surface area (Å²) in [6.07, 6.45) is 4.16. The van der Waals surface area contributed by atoms with E-state index in [2.05, 4.69) is 13.8 Å². The number of esters is 1. The first-order valence-electron chi connectivity index (χ1n) is 7.18. The van der Waals surface area contributed by atoms with Gasteiger partial charge in [0.05, 0.1) is 23.4 Å². The molecule has 0 bridgehead atoms. The first-order valence-corrected chi connectivity index (χ1v) is 7.18. The quantitative estimate of drug-likeness (QED) is 0.497. The molecule has 0 spiro atoms. The van der Waals surface area contributed by atoms with E-state index in [0.29, 0.717) is 6.10 Å². The zero-order valence-electron chi connectivity index (χ0n) is 11.7. The summed E-state index contributed by atoms with van der Waals surface area (Å²) >= 11 is 0. The maximum Gasteiger partial charge on any atom is 0.334 e. The van der Waals surface area contributed by atoms with Gasteiger partial charge in [-0.1, -0.05) is 0 Å². The van der Waals surface area contributed by atoms with Crippen LogP contribution in [-0.4, -0.2) is 35.5 Å². The second-order valence-corrected chi connectivity index (χ2v) is 6.83. The number of epoxide rings is 2. The summed E-state index contributed by atoms with van der Waals surface area (Å²) in [6.45, 7) is 6.17. The van der Waals surface area contributed by atoms with E-state index < -0.39 is 0 Å². The monoisotopic (exact) mass is 264 g/mol.